The van der Waals surface area contributed by atoms with Gasteiger partial charge in [-0.1, -0.05) is 6.07 Å². The first-order valence-corrected chi connectivity index (χ1v) is 8.39. The average Bonchev–Trinajstić information content (AvgIpc) is 2.67. The topological polar surface area (TPSA) is 91.1 Å². The SMILES string of the molecule is COC(C)(C)C(=O)N1CCc2nc(Nc3cccc(C#N)c3)ncc2C1. The molecule has 1 aromatic carbocycles. The number of amides is 1. The first-order valence-electron chi connectivity index (χ1n) is 8.39. The van der Waals surface area contributed by atoms with Crippen LogP contribution in [0.1, 0.15) is 30.7 Å². The first kappa shape index (κ1) is 17.8. The molecule has 1 aliphatic heterocycles. The fourth-order valence-electron chi connectivity index (χ4n) is 2.81. The van der Waals surface area contributed by atoms with Crippen LogP contribution in [0.2, 0.25) is 0 Å². The molecule has 0 unspecified atom stereocenters. The predicted octanol–water partition coefficient (Wildman–Crippen LogP) is 2.40. The van der Waals surface area contributed by atoms with Crippen LogP contribution in [-0.2, 0) is 22.5 Å². The summed E-state index contributed by atoms with van der Waals surface area (Å²) in [6.45, 7) is 4.61. The molecule has 2 aromatic rings. The van der Waals surface area contributed by atoms with Gasteiger partial charge in [0.2, 0.25) is 5.95 Å². The Hall–Kier alpha value is -2.98. The summed E-state index contributed by atoms with van der Waals surface area (Å²) >= 11 is 0. The van der Waals surface area contributed by atoms with Gasteiger partial charge in [-0.15, -0.1) is 0 Å². The number of nitriles is 1. The van der Waals surface area contributed by atoms with Gasteiger partial charge < -0.3 is 15.0 Å². The molecular weight excluding hydrogens is 330 g/mol. The number of hydrogen-bond acceptors (Lipinski definition) is 6. The Morgan fingerprint density at radius 2 is 2.23 bits per heavy atom. The minimum atomic E-state index is -0.842. The minimum absolute atomic E-state index is 0.0406. The number of carbonyl (C=O) groups excluding carboxylic acids is 1. The van der Waals surface area contributed by atoms with E-state index in [-0.39, 0.29) is 5.91 Å². The molecule has 1 aliphatic rings. The van der Waals surface area contributed by atoms with Gasteiger partial charge in [0.1, 0.15) is 5.60 Å². The molecule has 0 spiro atoms. The maximum atomic E-state index is 12.6. The number of nitrogens with zero attached hydrogens (tertiary/aromatic N) is 4. The molecule has 0 saturated carbocycles. The maximum Gasteiger partial charge on any atom is 0.254 e. The number of fused-ring (bicyclic) bond motifs is 1. The number of carbonyl (C=O) groups is 1. The fraction of sp³-hybridized carbons (Fsp3) is 0.368. The van der Waals surface area contributed by atoms with Gasteiger partial charge in [-0.05, 0) is 32.0 Å². The second kappa shape index (κ2) is 7.10. The number of methoxy groups -OCH3 is 1. The van der Waals surface area contributed by atoms with Crippen molar-refractivity contribution in [2.24, 2.45) is 0 Å². The van der Waals surface area contributed by atoms with E-state index >= 15 is 0 Å². The largest absolute Gasteiger partial charge is 0.369 e. The van der Waals surface area contributed by atoms with Gasteiger partial charge in [0.25, 0.3) is 5.91 Å². The molecule has 0 atom stereocenters. The molecule has 1 N–H and O–H groups in total. The highest BCUT2D eigenvalue weighted by molar-refractivity contribution is 5.84. The third-order valence-corrected chi connectivity index (χ3v) is 4.49. The molecule has 7 heteroatoms. The van der Waals surface area contributed by atoms with Crippen LogP contribution in [0.5, 0.6) is 0 Å². The van der Waals surface area contributed by atoms with E-state index in [1.54, 1.807) is 43.1 Å². The molecule has 0 aliphatic carbocycles. The summed E-state index contributed by atoms with van der Waals surface area (Å²) in [5.41, 5.74) is 2.36. The molecule has 1 amide bonds. The van der Waals surface area contributed by atoms with Crippen molar-refractivity contribution in [2.75, 3.05) is 19.0 Å². The molecule has 0 radical (unpaired) electrons. The van der Waals surface area contributed by atoms with Crippen molar-refractivity contribution in [1.82, 2.24) is 14.9 Å². The lowest BCUT2D eigenvalue weighted by Crippen LogP contribution is -2.48. The lowest BCUT2D eigenvalue weighted by molar-refractivity contribution is -0.152. The lowest BCUT2D eigenvalue weighted by Gasteiger charge is -2.34. The quantitative estimate of drug-likeness (QED) is 0.909. The van der Waals surface area contributed by atoms with E-state index in [1.807, 2.05) is 6.07 Å². The first-order chi connectivity index (χ1) is 12.4. The molecule has 134 valence electrons. The average molecular weight is 351 g/mol. The van der Waals surface area contributed by atoms with Crippen LogP contribution in [0.25, 0.3) is 0 Å². The van der Waals surface area contributed by atoms with E-state index in [9.17, 15) is 4.79 Å². The van der Waals surface area contributed by atoms with Crippen molar-refractivity contribution in [3.8, 4) is 6.07 Å². The van der Waals surface area contributed by atoms with Gasteiger partial charge >= 0.3 is 0 Å². The summed E-state index contributed by atoms with van der Waals surface area (Å²) < 4.78 is 5.29. The number of hydrogen-bond donors (Lipinski definition) is 1. The van der Waals surface area contributed by atoms with Gasteiger partial charge in [-0.25, -0.2) is 9.97 Å². The van der Waals surface area contributed by atoms with E-state index in [4.69, 9.17) is 10.00 Å². The zero-order chi connectivity index (χ0) is 18.7. The molecule has 3 rings (SSSR count). The summed E-state index contributed by atoms with van der Waals surface area (Å²) in [5, 5.41) is 12.1. The Bertz CT molecular complexity index is 872. The summed E-state index contributed by atoms with van der Waals surface area (Å²) in [6.07, 6.45) is 2.41. The number of rotatable bonds is 4. The van der Waals surface area contributed by atoms with Crippen molar-refractivity contribution in [1.29, 1.82) is 5.26 Å². The number of anilines is 2. The Balaban J connectivity index is 1.75. The Kier molecular flexibility index (Phi) is 4.87. The maximum absolute atomic E-state index is 12.6. The molecular formula is C19H21N5O2. The van der Waals surface area contributed by atoms with E-state index in [1.165, 1.54) is 7.11 Å². The van der Waals surface area contributed by atoms with Gasteiger partial charge in [-0.3, -0.25) is 4.79 Å². The van der Waals surface area contributed by atoms with Crippen LogP contribution in [-0.4, -0.2) is 40.0 Å². The van der Waals surface area contributed by atoms with Gasteiger partial charge in [-0.2, -0.15) is 5.26 Å². The monoisotopic (exact) mass is 351 g/mol. The molecule has 2 heterocycles. The lowest BCUT2D eigenvalue weighted by atomic mass is 10.0. The highest BCUT2D eigenvalue weighted by Crippen LogP contribution is 2.23. The van der Waals surface area contributed by atoms with Crippen LogP contribution < -0.4 is 5.32 Å². The van der Waals surface area contributed by atoms with Crippen LogP contribution >= 0.6 is 0 Å². The van der Waals surface area contributed by atoms with Crippen molar-refractivity contribution in [3.05, 3.63) is 47.3 Å². The van der Waals surface area contributed by atoms with Crippen LogP contribution in [0.3, 0.4) is 0 Å². The Morgan fingerprint density at radius 1 is 1.42 bits per heavy atom. The van der Waals surface area contributed by atoms with Crippen LogP contribution in [0.4, 0.5) is 11.6 Å². The molecule has 0 bridgehead atoms. The molecule has 26 heavy (non-hydrogen) atoms. The summed E-state index contributed by atoms with van der Waals surface area (Å²) in [7, 11) is 1.54. The summed E-state index contributed by atoms with van der Waals surface area (Å²) in [4.78, 5) is 23.2. The molecule has 0 saturated heterocycles. The fourth-order valence-corrected chi connectivity index (χ4v) is 2.81. The summed E-state index contributed by atoms with van der Waals surface area (Å²) in [6, 6.07) is 9.26. The van der Waals surface area contributed by atoms with Gasteiger partial charge in [0.05, 0.1) is 17.3 Å². The zero-order valence-electron chi connectivity index (χ0n) is 15.1. The predicted molar refractivity (Wildman–Crippen MR) is 96.7 cm³/mol. The molecule has 0 fully saturated rings. The Morgan fingerprint density at radius 3 is 2.96 bits per heavy atom. The normalized spacial score (nSPS) is 13.7. The third-order valence-electron chi connectivity index (χ3n) is 4.49. The van der Waals surface area contributed by atoms with Gasteiger partial charge in [0, 0.05) is 44.1 Å². The highest BCUT2D eigenvalue weighted by atomic mass is 16.5. The molecule has 7 nitrogen and oxygen atoms in total. The second-order valence-corrected chi connectivity index (χ2v) is 6.67. The smallest absolute Gasteiger partial charge is 0.254 e. The number of ether oxygens (including phenoxy) is 1. The second-order valence-electron chi connectivity index (χ2n) is 6.67. The minimum Gasteiger partial charge on any atom is -0.369 e. The Labute approximate surface area is 152 Å². The molecule has 1 aromatic heterocycles. The van der Waals surface area contributed by atoms with Crippen molar-refractivity contribution >= 4 is 17.5 Å². The van der Waals surface area contributed by atoms with Crippen LogP contribution in [0, 0.1) is 11.3 Å². The van der Waals surface area contributed by atoms with Gasteiger partial charge in [0.15, 0.2) is 0 Å². The van der Waals surface area contributed by atoms with E-state index < -0.39 is 5.60 Å². The van der Waals surface area contributed by atoms with Crippen molar-refractivity contribution < 1.29 is 9.53 Å². The van der Waals surface area contributed by atoms with Crippen molar-refractivity contribution in [2.45, 2.75) is 32.4 Å². The highest BCUT2D eigenvalue weighted by Gasteiger charge is 2.33. The van der Waals surface area contributed by atoms with Crippen LogP contribution in [0.15, 0.2) is 30.5 Å². The van der Waals surface area contributed by atoms with E-state index in [0.717, 1.165) is 16.9 Å². The van der Waals surface area contributed by atoms with E-state index in [2.05, 4.69) is 21.4 Å². The number of aromatic nitrogens is 2. The number of nitrogens with one attached hydrogen (secondary N) is 1. The zero-order valence-corrected chi connectivity index (χ0v) is 15.1. The third kappa shape index (κ3) is 3.65. The standard InChI is InChI=1S/C19H21N5O2/c1-19(2,26-3)17(25)24-8-7-16-14(12-24)11-21-18(23-16)22-15-6-4-5-13(9-15)10-20/h4-6,9,11H,7-8,12H2,1-3H3,(H,21,22,23). The number of benzene rings is 1. The van der Waals surface area contributed by atoms with E-state index in [0.29, 0.717) is 31.0 Å². The van der Waals surface area contributed by atoms with Crippen molar-refractivity contribution in [3.63, 3.8) is 0 Å². The summed E-state index contributed by atoms with van der Waals surface area (Å²) in [5.74, 6) is 0.442.